The minimum atomic E-state index is -0.344. The van der Waals surface area contributed by atoms with Crippen molar-refractivity contribution in [1.82, 2.24) is 10.6 Å². The first-order valence-corrected chi connectivity index (χ1v) is 9.68. The van der Waals surface area contributed by atoms with E-state index in [4.69, 9.17) is 4.74 Å². The SMILES string of the molecule is CCOC(=O)C1=C(C[NH+]2CC=C(c3ccccc3)CC2)NC(=O)N[C@H]1CC. The van der Waals surface area contributed by atoms with Crippen LogP contribution in [0, 0.1) is 0 Å². The Balaban J connectivity index is 1.76. The van der Waals surface area contributed by atoms with Gasteiger partial charge in [0, 0.05) is 6.42 Å². The van der Waals surface area contributed by atoms with Crippen molar-refractivity contribution in [3.63, 3.8) is 0 Å². The number of nitrogens with one attached hydrogen (secondary N) is 3. The Kier molecular flexibility index (Phi) is 6.29. The summed E-state index contributed by atoms with van der Waals surface area (Å²) in [6.45, 7) is 6.50. The van der Waals surface area contributed by atoms with Crippen LogP contribution in [0.25, 0.3) is 5.57 Å². The summed E-state index contributed by atoms with van der Waals surface area (Å²) in [4.78, 5) is 25.8. The van der Waals surface area contributed by atoms with Crippen LogP contribution in [0.15, 0.2) is 47.7 Å². The van der Waals surface area contributed by atoms with Crippen molar-refractivity contribution in [2.24, 2.45) is 0 Å². The largest absolute Gasteiger partial charge is 0.463 e. The topological polar surface area (TPSA) is 71.9 Å². The second-order valence-corrected chi connectivity index (χ2v) is 6.90. The van der Waals surface area contributed by atoms with Gasteiger partial charge < -0.3 is 20.3 Å². The van der Waals surface area contributed by atoms with Crippen molar-refractivity contribution in [2.75, 3.05) is 26.2 Å². The number of hydrogen-bond donors (Lipinski definition) is 3. The van der Waals surface area contributed by atoms with E-state index in [2.05, 4.69) is 41.0 Å². The van der Waals surface area contributed by atoms with Crippen molar-refractivity contribution < 1.29 is 19.2 Å². The zero-order valence-electron chi connectivity index (χ0n) is 16.0. The summed E-state index contributed by atoms with van der Waals surface area (Å²) >= 11 is 0. The smallest absolute Gasteiger partial charge is 0.338 e. The first-order valence-electron chi connectivity index (χ1n) is 9.68. The average molecular weight is 370 g/mol. The molecule has 0 aliphatic carbocycles. The Hall–Kier alpha value is -2.60. The maximum Gasteiger partial charge on any atom is 0.338 e. The molecule has 2 atom stereocenters. The fourth-order valence-corrected chi connectivity index (χ4v) is 3.71. The van der Waals surface area contributed by atoms with Gasteiger partial charge in [0.1, 0.15) is 6.54 Å². The number of ether oxygens (including phenoxy) is 1. The maximum absolute atomic E-state index is 12.5. The molecule has 2 amide bonds. The van der Waals surface area contributed by atoms with Crippen LogP contribution in [0.2, 0.25) is 0 Å². The van der Waals surface area contributed by atoms with Crippen molar-refractivity contribution in [3.05, 3.63) is 53.2 Å². The Morgan fingerprint density at radius 2 is 2.04 bits per heavy atom. The average Bonchev–Trinajstić information content (AvgIpc) is 2.69. The summed E-state index contributed by atoms with van der Waals surface area (Å²) in [5.41, 5.74) is 3.88. The minimum absolute atomic E-state index is 0.248. The lowest BCUT2D eigenvalue weighted by Gasteiger charge is -2.31. The first-order chi connectivity index (χ1) is 13.1. The fraction of sp³-hybridized carbons (Fsp3) is 0.429. The molecule has 3 rings (SSSR count). The van der Waals surface area contributed by atoms with Gasteiger partial charge in [0.25, 0.3) is 0 Å². The normalized spacial score (nSPS) is 22.6. The van der Waals surface area contributed by atoms with E-state index in [1.54, 1.807) is 6.92 Å². The van der Waals surface area contributed by atoms with Gasteiger partial charge in [0.15, 0.2) is 0 Å². The molecular formula is C21H28N3O3+. The molecule has 0 spiro atoms. The van der Waals surface area contributed by atoms with Crippen molar-refractivity contribution in [2.45, 2.75) is 32.7 Å². The molecule has 6 nitrogen and oxygen atoms in total. The summed E-state index contributed by atoms with van der Waals surface area (Å²) in [7, 11) is 0. The third-order valence-corrected chi connectivity index (χ3v) is 5.10. The van der Waals surface area contributed by atoms with Crippen LogP contribution >= 0.6 is 0 Å². The van der Waals surface area contributed by atoms with E-state index in [0.717, 1.165) is 19.5 Å². The zero-order valence-corrected chi connectivity index (χ0v) is 16.0. The van der Waals surface area contributed by atoms with Gasteiger partial charge in [0.2, 0.25) is 0 Å². The van der Waals surface area contributed by atoms with E-state index < -0.39 is 0 Å². The van der Waals surface area contributed by atoms with Gasteiger partial charge in [-0.1, -0.05) is 37.3 Å². The van der Waals surface area contributed by atoms with Crippen LogP contribution in [-0.2, 0) is 9.53 Å². The van der Waals surface area contributed by atoms with Gasteiger partial charge >= 0.3 is 12.0 Å². The number of carbonyl (C=O) groups excluding carboxylic acids is 2. The molecule has 0 saturated carbocycles. The number of hydrogen-bond acceptors (Lipinski definition) is 3. The summed E-state index contributed by atoms with van der Waals surface area (Å²) in [6.07, 6.45) is 3.89. The molecule has 1 unspecified atom stereocenters. The molecule has 2 aliphatic rings. The molecule has 1 aromatic rings. The Labute approximate surface area is 160 Å². The summed E-state index contributed by atoms with van der Waals surface area (Å²) in [5, 5.41) is 5.67. The number of amides is 2. The highest BCUT2D eigenvalue weighted by Gasteiger charge is 2.33. The Bertz CT molecular complexity index is 755. The highest BCUT2D eigenvalue weighted by Crippen LogP contribution is 2.19. The lowest BCUT2D eigenvalue weighted by Crippen LogP contribution is -3.12. The summed E-state index contributed by atoms with van der Waals surface area (Å²) in [5.74, 6) is -0.344. The molecule has 0 saturated heterocycles. The second kappa shape index (κ2) is 8.86. The number of carbonyl (C=O) groups is 2. The highest BCUT2D eigenvalue weighted by atomic mass is 16.5. The van der Waals surface area contributed by atoms with Crippen molar-refractivity contribution in [1.29, 1.82) is 0 Å². The molecule has 2 heterocycles. The van der Waals surface area contributed by atoms with E-state index in [-0.39, 0.29) is 18.0 Å². The van der Waals surface area contributed by atoms with Crippen LogP contribution in [0.1, 0.15) is 32.3 Å². The predicted octanol–water partition coefficient (Wildman–Crippen LogP) is 1.27. The molecule has 0 radical (unpaired) electrons. The van der Waals surface area contributed by atoms with Crippen LogP contribution in [0.4, 0.5) is 4.79 Å². The molecule has 144 valence electrons. The number of benzene rings is 1. The minimum Gasteiger partial charge on any atom is -0.463 e. The third kappa shape index (κ3) is 4.57. The quantitative estimate of drug-likeness (QED) is 0.661. The standard InChI is InChI=1S/C21H27N3O3/c1-3-17-19(20(25)27-4-2)18(23-21(26)22-17)14-24-12-10-16(11-13-24)15-8-6-5-7-9-15/h5-10,17H,3-4,11-14H2,1-2H3,(H2,22,23,26)/p+1/t17-/m0/s1. The molecule has 2 aliphatic heterocycles. The van der Waals surface area contributed by atoms with Crippen LogP contribution in [-0.4, -0.2) is 44.3 Å². The van der Waals surface area contributed by atoms with E-state index >= 15 is 0 Å². The lowest BCUT2D eigenvalue weighted by atomic mass is 9.98. The van der Waals surface area contributed by atoms with E-state index in [1.807, 2.05) is 13.0 Å². The van der Waals surface area contributed by atoms with Crippen molar-refractivity contribution >= 4 is 17.6 Å². The predicted molar refractivity (Wildman–Crippen MR) is 104 cm³/mol. The van der Waals surface area contributed by atoms with E-state index in [0.29, 0.717) is 30.8 Å². The second-order valence-electron chi connectivity index (χ2n) is 6.90. The van der Waals surface area contributed by atoms with Gasteiger partial charge in [-0.05, 0) is 30.6 Å². The fourth-order valence-electron chi connectivity index (χ4n) is 3.71. The van der Waals surface area contributed by atoms with Crippen LogP contribution in [0.5, 0.6) is 0 Å². The molecule has 27 heavy (non-hydrogen) atoms. The number of esters is 1. The molecular weight excluding hydrogens is 342 g/mol. The van der Waals surface area contributed by atoms with E-state index in [9.17, 15) is 9.59 Å². The Morgan fingerprint density at radius 1 is 1.26 bits per heavy atom. The first kappa shape index (κ1) is 19.2. The summed E-state index contributed by atoms with van der Waals surface area (Å²) in [6, 6.07) is 9.86. The summed E-state index contributed by atoms with van der Waals surface area (Å²) < 4.78 is 5.23. The number of rotatable bonds is 6. The van der Waals surface area contributed by atoms with Crippen LogP contribution < -0.4 is 15.5 Å². The third-order valence-electron chi connectivity index (χ3n) is 5.10. The molecule has 0 fully saturated rings. The van der Waals surface area contributed by atoms with Gasteiger partial charge in [-0.2, -0.15) is 0 Å². The van der Waals surface area contributed by atoms with Crippen molar-refractivity contribution in [3.8, 4) is 0 Å². The Morgan fingerprint density at radius 3 is 2.67 bits per heavy atom. The van der Waals surface area contributed by atoms with Gasteiger partial charge in [-0.15, -0.1) is 0 Å². The molecule has 0 bridgehead atoms. The molecule has 3 N–H and O–H groups in total. The monoisotopic (exact) mass is 370 g/mol. The van der Waals surface area contributed by atoms with E-state index in [1.165, 1.54) is 16.0 Å². The van der Waals surface area contributed by atoms with Gasteiger partial charge in [-0.25, -0.2) is 9.59 Å². The van der Waals surface area contributed by atoms with Gasteiger partial charge in [-0.3, -0.25) is 0 Å². The van der Waals surface area contributed by atoms with Gasteiger partial charge in [0.05, 0.1) is 37.0 Å². The molecule has 6 heteroatoms. The maximum atomic E-state index is 12.5. The number of urea groups is 1. The highest BCUT2D eigenvalue weighted by molar-refractivity contribution is 5.94. The molecule has 0 aromatic heterocycles. The lowest BCUT2D eigenvalue weighted by molar-refractivity contribution is -0.890. The molecule has 1 aromatic carbocycles. The van der Waals surface area contributed by atoms with Crippen LogP contribution in [0.3, 0.4) is 0 Å². The zero-order chi connectivity index (χ0) is 19.2. The number of quaternary nitrogens is 1.